The summed E-state index contributed by atoms with van der Waals surface area (Å²) in [5, 5.41) is 6.69. The summed E-state index contributed by atoms with van der Waals surface area (Å²) < 4.78 is 10.7. The fourth-order valence-electron chi connectivity index (χ4n) is 1.79. The quantitative estimate of drug-likeness (QED) is 0.926. The standard InChI is InChI=1S/C12H18N4O2S/c1-12(2,3)9(17-4)10-15-11(18-16-10)7-6-19-8(5-13)14-7/h6,9H,5,13H2,1-4H3. The first-order valence-electron chi connectivity index (χ1n) is 5.97. The molecular weight excluding hydrogens is 264 g/mol. The van der Waals surface area contributed by atoms with Gasteiger partial charge in [0.2, 0.25) is 5.82 Å². The molecule has 0 radical (unpaired) electrons. The summed E-state index contributed by atoms with van der Waals surface area (Å²) >= 11 is 1.48. The molecule has 1 atom stereocenters. The van der Waals surface area contributed by atoms with Crippen molar-refractivity contribution in [2.45, 2.75) is 33.4 Å². The van der Waals surface area contributed by atoms with Crippen LogP contribution in [0.25, 0.3) is 11.6 Å². The number of nitrogens with two attached hydrogens (primary N) is 1. The Hall–Kier alpha value is -1.31. The van der Waals surface area contributed by atoms with E-state index in [-0.39, 0.29) is 11.5 Å². The summed E-state index contributed by atoms with van der Waals surface area (Å²) in [6, 6.07) is 0. The molecule has 0 fully saturated rings. The highest BCUT2D eigenvalue weighted by Crippen LogP contribution is 2.34. The maximum atomic E-state index is 5.53. The molecule has 0 saturated heterocycles. The number of thiazole rings is 1. The molecular formula is C12H18N4O2S. The fraction of sp³-hybridized carbons (Fsp3) is 0.583. The number of methoxy groups -OCH3 is 1. The fourth-order valence-corrected chi connectivity index (χ4v) is 2.44. The first-order chi connectivity index (χ1) is 8.95. The molecule has 0 amide bonds. The van der Waals surface area contributed by atoms with Gasteiger partial charge in [-0.1, -0.05) is 25.9 Å². The second-order valence-electron chi connectivity index (χ2n) is 5.27. The Labute approximate surface area is 116 Å². The van der Waals surface area contributed by atoms with Crippen molar-refractivity contribution in [1.29, 1.82) is 0 Å². The second kappa shape index (κ2) is 5.36. The minimum Gasteiger partial charge on any atom is -0.373 e. The summed E-state index contributed by atoms with van der Waals surface area (Å²) in [5.41, 5.74) is 6.08. The highest BCUT2D eigenvalue weighted by Gasteiger charge is 2.31. The van der Waals surface area contributed by atoms with Gasteiger partial charge in [0, 0.05) is 19.0 Å². The topological polar surface area (TPSA) is 87.1 Å². The van der Waals surface area contributed by atoms with Crippen LogP contribution in [0.3, 0.4) is 0 Å². The van der Waals surface area contributed by atoms with Crippen LogP contribution in [0.4, 0.5) is 0 Å². The Morgan fingerprint density at radius 2 is 2.16 bits per heavy atom. The smallest absolute Gasteiger partial charge is 0.277 e. The van der Waals surface area contributed by atoms with Crippen LogP contribution in [-0.4, -0.2) is 22.2 Å². The van der Waals surface area contributed by atoms with Gasteiger partial charge in [-0.3, -0.25) is 0 Å². The summed E-state index contributed by atoms with van der Waals surface area (Å²) in [5.74, 6) is 0.935. The van der Waals surface area contributed by atoms with Gasteiger partial charge in [-0.05, 0) is 5.41 Å². The van der Waals surface area contributed by atoms with Gasteiger partial charge in [-0.2, -0.15) is 4.98 Å². The van der Waals surface area contributed by atoms with E-state index in [2.05, 4.69) is 35.9 Å². The lowest BCUT2D eigenvalue weighted by Gasteiger charge is -2.26. The van der Waals surface area contributed by atoms with Crippen LogP contribution in [0, 0.1) is 5.41 Å². The van der Waals surface area contributed by atoms with Crippen LogP contribution >= 0.6 is 11.3 Å². The van der Waals surface area contributed by atoms with E-state index in [4.69, 9.17) is 15.0 Å². The van der Waals surface area contributed by atoms with Gasteiger partial charge in [-0.15, -0.1) is 11.3 Å². The number of hydrogen-bond donors (Lipinski definition) is 1. The predicted molar refractivity (Wildman–Crippen MR) is 72.5 cm³/mol. The molecule has 0 bridgehead atoms. The Morgan fingerprint density at radius 3 is 2.68 bits per heavy atom. The van der Waals surface area contributed by atoms with Crippen molar-refractivity contribution in [3.8, 4) is 11.6 Å². The van der Waals surface area contributed by atoms with E-state index in [0.717, 1.165) is 5.01 Å². The van der Waals surface area contributed by atoms with Crippen molar-refractivity contribution >= 4 is 11.3 Å². The largest absolute Gasteiger partial charge is 0.373 e. The molecule has 19 heavy (non-hydrogen) atoms. The first kappa shape index (κ1) is 14.1. The van der Waals surface area contributed by atoms with E-state index in [1.165, 1.54) is 11.3 Å². The Kier molecular flexibility index (Phi) is 3.98. The maximum Gasteiger partial charge on any atom is 0.277 e. The molecule has 0 aromatic carbocycles. The highest BCUT2D eigenvalue weighted by molar-refractivity contribution is 7.09. The molecule has 104 valence electrons. The van der Waals surface area contributed by atoms with Crippen LogP contribution in [0.1, 0.15) is 37.7 Å². The Morgan fingerprint density at radius 1 is 1.42 bits per heavy atom. The zero-order valence-corrected chi connectivity index (χ0v) is 12.3. The van der Waals surface area contributed by atoms with E-state index < -0.39 is 0 Å². The molecule has 2 N–H and O–H groups in total. The van der Waals surface area contributed by atoms with Crippen molar-refractivity contribution in [3.63, 3.8) is 0 Å². The van der Waals surface area contributed by atoms with Crippen LogP contribution in [-0.2, 0) is 11.3 Å². The van der Waals surface area contributed by atoms with E-state index >= 15 is 0 Å². The van der Waals surface area contributed by atoms with Gasteiger partial charge in [0.25, 0.3) is 5.89 Å². The van der Waals surface area contributed by atoms with Crippen molar-refractivity contribution in [2.24, 2.45) is 11.1 Å². The van der Waals surface area contributed by atoms with Crippen molar-refractivity contribution in [1.82, 2.24) is 15.1 Å². The summed E-state index contributed by atoms with van der Waals surface area (Å²) in [7, 11) is 1.64. The summed E-state index contributed by atoms with van der Waals surface area (Å²) in [4.78, 5) is 8.68. The van der Waals surface area contributed by atoms with Crippen molar-refractivity contribution in [2.75, 3.05) is 7.11 Å². The molecule has 0 spiro atoms. The third kappa shape index (κ3) is 2.99. The molecule has 2 heterocycles. The lowest BCUT2D eigenvalue weighted by molar-refractivity contribution is 0.00718. The third-order valence-electron chi connectivity index (χ3n) is 2.64. The minimum atomic E-state index is -0.224. The zero-order valence-electron chi connectivity index (χ0n) is 11.5. The molecule has 2 aromatic heterocycles. The normalized spacial score (nSPS) is 13.7. The van der Waals surface area contributed by atoms with E-state index in [1.54, 1.807) is 7.11 Å². The highest BCUT2D eigenvalue weighted by atomic mass is 32.1. The van der Waals surface area contributed by atoms with Gasteiger partial charge in [0.15, 0.2) is 0 Å². The molecule has 0 aliphatic rings. The molecule has 2 rings (SSSR count). The Balaban J connectivity index is 2.27. The van der Waals surface area contributed by atoms with Gasteiger partial charge in [-0.25, -0.2) is 4.98 Å². The van der Waals surface area contributed by atoms with E-state index in [9.17, 15) is 0 Å². The molecule has 7 heteroatoms. The number of aromatic nitrogens is 3. The minimum absolute atomic E-state index is 0.111. The summed E-state index contributed by atoms with van der Waals surface area (Å²) in [6.45, 7) is 6.60. The van der Waals surface area contributed by atoms with Gasteiger partial charge in [0.05, 0.1) is 0 Å². The van der Waals surface area contributed by atoms with Crippen LogP contribution in [0.2, 0.25) is 0 Å². The molecule has 0 aliphatic heterocycles. The Bertz CT molecular complexity index is 544. The maximum absolute atomic E-state index is 5.53. The van der Waals surface area contributed by atoms with Gasteiger partial charge >= 0.3 is 0 Å². The predicted octanol–water partition coefficient (Wildman–Crippen LogP) is 2.39. The van der Waals surface area contributed by atoms with Gasteiger partial charge in [0.1, 0.15) is 16.8 Å². The van der Waals surface area contributed by atoms with E-state index in [1.807, 2.05) is 5.38 Å². The first-order valence-corrected chi connectivity index (χ1v) is 6.85. The third-order valence-corrected chi connectivity index (χ3v) is 3.52. The zero-order chi connectivity index (χ0) is 14.0. The van der Waals surface area contributed by atoms with Crippen LogP contribution < -0.4 is 5.73 Å². The number of rotatable bonds is 4. The molecule has 6 nitrogen and oxygen atoms in total. The van der Waals surface area contributed by atoms with Gasteiger partial charge < -0.3 is 15.0 Å². The molecule has 2 aromatic rings. The average Bonchev–Trinajstić information content (AvgIpc) is 2.95. The number of hydrogen-bond acceptors (Lipinski definition) is 7. The molecule has 0 saturated carbocycles. The van der Waals surface area contributed by atoms with Crippen LogP contribution in [0.15, 0.2) is 9.90 Å². The molecule has 1 unspecified atom stereocenters. The molecule has 0 aliphatic carbocycles. The van der Waals surface area contributed by atoms with Crippen molar-refractivity contribution in [3.05, 3.63) is 16.2 Å². The number of ether oxygens (including phenoxy) is 1. The average molecular weight is 282 g/mol. The van der Waals surface area contributed by atoms with Crippen LogP contribution in [0.5, 0.6) is 0 Å². The monoisotopic (exact) mass is 282 g/mol. The SMILES string of the molecule is COC(c1noc(-c2csc(CN)n2)n1)C(C)(C)C. The second-order valence-corrected chi connectivity index (χ2v) is 6.21. The number of nitrogens with zero attached hydrogens (tertiary/aromatic N) is 3. The van der Waals surface area contributed by atoms with Crippen molar-refractivity contribution < 1.29 is 9.26 Å². The lowest BCUT2D eigenvalue weighted by Crippen LogP contribution is -2.21. The van der Waals surface area contributed by atoms with E-state index in [0.29, 0.717) is 24.0 Å². The lowest BCUT2D eigenvalue weighted by atomic mass is 9.88. The summed E-state index contributed by atoms with van der Waals surface area (Å²) in [6.07, 6.45) is -0.224.